The van der Waals surface area contributed by atoms with Gasteiger partial charge >= 0.3 is 0 Å². The Morgan fingerprint density at radius 2 is 1.76 bits per heavy atom. The number of hydrogen-bond acceptors (Lipinski definition) is 5. The van der Waals surface area contributed by atoms with Gasteiger partial charge in [-0.05, 0) is 11.6 Å². The Morgan fingerprint density at radius 3 is 2.52 bits per heavy atom. The highest BCUT2D eigenvalue weighted by atomic mass is 16.5. The van der Waals surface area contributed by atoms with Gasteiger partial charge in [0.05, 0.1) is 13.1 Å². The molecule has 1 atom stereocenters. The Kier molecular flexibility index (Phi) is 6.41. The third-order valence-corrected chi connectivity index (χ3v) is 6.60. The van der Waals surface area contributed by atoms with Gasteiger partial charge in [-0.2, -0.15) is 0 Å². The quantitative estimate of drug-likeness (QED) is 0.605. The lowest BCUT2D eigenvalue weighted by molar-refractivity contribution is -0.134. The summed E-state index contributed by atoms with van der Waals surface area (Å²) in [5.41, 5.74) is 2.26. The number of amides is 1. The molecule has 1 saturated heterocycles. The summed E-state index contributed by atoms with van der Waals surface area (Å²) >= 11 is 0. The minimum absolute atomic E-state index is 0.0997. The molecule has 0 N–H and O–H groups in total. The van der Waals surface area contributed by atoms with E-state index in [4.69, 9.17) is 4.74 Å². The van der Waals surface area contributed by atoms with E-state index in [9.17, 15) is 4.79 Å². The normalized spacial score (nSPS) is 19.5. The van der Waals surface area contributed by atoms with Crippen molar-refractivity contribution in [2.45, 2.75) is 19.2 Å². The van der Waals surface area contributed by atoms with E-state index in [1.807, 2.05) is 60.7 Å². The smallest absolute Gasteiger partial charge is 0.236 e. The van der Waals surface area contributed by atoms with Gasteiger partial charge in [-0.25, -0.2) is 4.98 Å². The van der Waals surface area contributed by atoms with Crippen LogP contribution < -0.4 is 4.74 Å². The largest absolute Gasteiger partial charge is 0.484 e. The van der Waals surface area contributed by atoms with Crippen LogP contribution in [-0.4, -0.2) is 69.4 Å². The highest BCUT2D eigenvalue weighted by Crippen LogP contribution is 2.31. The van der Waals surface area contributed by atoms with Crippen molar-refractivity contribution in [2.24, 2.45) is 7.05 Å². The van der Waals surface area contributed by atoms with Crippen molar-refractivity contribution in [3.8, 4) is 5.75 Å². The second-order valence-corrected chi connectivity index (χ2v) is 8.91. The van der Waals surface area contributed by atoms with Crippen LogP contribution >= 0.6 is 0 Å². The molecule has 2 aromatic carbocycles. The molecular formula is C26H31N5O2. The lowest BCUT2D eigenvalue weighted by Crippen LogP contribution is -2.51. The number of hydrogen-bond donors (Lipinski definition) is 0. The Balaban J connectivity index is 1.22. The van der Waals surface area contributed by atoms with Crippen LogP contribution in [-0.2, 0) is 24.9 Å². The predicted octanol–water partition coefficient (Wildman–Crippen LogP) is 2.70. The van der Waals surface area contributed by atoms with Crippen molar-refractivity contribution in [3.63, 3.8) is 0 Å². The SMILES string of the molecule is Cn1ccnc1CN1CCN(C(=O)CN2Cc3ccccc3OC(c3ccccc3)C2)CC1. The van der Waals surface area contributed by atoms with Gasteiger partial charge in [0.15, 0.2) is 0 Å². The Morgan fingerprint density at radius 1 is 1.00 bits per heavy atom. The molecule has 1 fully saturated rings. The zero-order valence-corrected chi connectivity index (χ0v) is 19.1. The highest BCUT2D eigenvalue weighted by molar-refractivity contribution is 5.78. The number of benzene rings is 2. The van der Waals surface area contributed by atoms with E-state index in [1.165, 1.54) is 0 Å². The van der Waals surface area contributed by atoms with E-state index in [-0.39, 0.29) is 12.0 Å². The van der Waals surface area contributed by atoms with Crippen LogP contribution in [0.25, 0.3) is 0 Å². The molecule has 1 aromatic heterocycles. The molecule has 1 unspecified atom stereocenters. The number of rotatable bonds is 5. The Bertz CT molecular complexity index is 1080. The van der Waals surface area contributed by atoms with Gasteiger partial charge in [0.25, 0.3) is 0 Å². The van der Waals surface area contributed by atoms with Gasteiger partial charge in [0.1, 0.15) is 17.7 Å². The fourth-order valence-electron chi connectivity index (χ4n) is 4.64. The molecule has 3 heterocycles. The number of para-hydroxylation sites is 1. The van der Waals surface area contributed by atoms with Crippen molar-refractivity contribution in [1.29, 1.82) is 0 Å². The number of fused-ring (bicyclic) bond motifs is 1. The molecule has 0 aliphatic carbocycles. The first-order valence-corrected chi connectivity index (χ1v) is 11.6. The second kappa shape index (κ2) is 9.77. The maximum atomic E-state index is 13.2. The molecule has 0 bridgehead atoms. The number of nitrogens with zero attached hydrogens (tertiary/aromatic N) is 5. The molecule has 0 spiro atoms. The molecule has 5 rings (SSSR count). The minimum Gasteiger partial charge on any atom is -0.484 e. The summed E-state index contributed by atoms with van der Waals surface area (Å²) in [6.07, 6.45) is 3.71. The van der Waals surface area contributed by atoms with Crippen LogP contribution in [0.4, 0.5) is 0 Å². The van der Waals surface area contributed by atoms with Crippen LogP contribution in [0.15, 0.2) is 67.0 Å². The Hall–Kier alpha value is -3.16. The second-order valence-electron chi connectivity index (χ2n) is 8.91. The summed E-state index contributed by atoms with van der Waals surface area (Å²) < 4.78 is 8.45. The number of carbonyl (C=O) groups is 1. The fraction of sp³-hybridized carbons (Fsp3) is 0.385. The van der Waals surface area contributed by atoms with Gasteiger partial charge < -0.3 is 14.2 Å². The number of carbonyl (C=O) groups excluding carboxylic acids is 1. The summed E-state index contributed by atoms with van der Waals surface area (Å²) in [7, 11) is 2.02. The van der Waals surface area contributed by atoms with E-state index in [0.29, 0.717) is 19.6 Å². The monoisotopic (exact) mass is 445 g/mol. The van der Waals surface area contributed by atoms with E-state index >= 15 is 0 Å². The van der Waals surface area contributed by atoms with Gasteiger partial charge in [-0.15, -0.1) is 0 Å². The van der Waals surface area contributed by atoms with Crippen LogP contribution in [0.1, 0.15) is 23.1 Å². The molecule has 2 aliphatic heterocycles. The van der Waals surface area contributed by atoms with Gasteiger partial charge in [0.2, 0.25) is 5.91 Å². The first-order valence-electron chi connectivity index (χ1n) is 11.6. The van der Waals surface area contributed by atoms with Crippen LogP contribution in [0.2, 0.25) is 0 Å². The maximum absolute atomic E-state index is 13.2. The number of imidazole rings is 1. The molecule has 1 amide bonds. The number of ether oxygens (including phenoxy) is 1. The number of aromatic nitrogens is 2. The third kappa shape index (κ3) is 5.10. The van der Waals surface area contributed by atoms with Crippen molar-refractivity contribution >= 4 is 5.91 Å². The lowest BCUT2D eigenvalue weighted by Gasteiger charge is -2.35. The summed E-state index contributed by atoms with van der Waals surface area (Å²) in [6.45, 7) is 5.88. The van der Waals surface area contributed by atoms with Gasteiger partial charge in [-0.1, -0.05) is 48.5 Å². The summed E-state index contributed by atoms with van der Waals surface area (Å²) in [4.78, 5) is 24.2. The molecule has 7 heteroatoms. The van der Waals surface area contributed by atoms with E-state index in [2.05, 4.69) is 37.5 Å². The molecule has 0 radical (unpaired) electrons. The van der Waals surface area contributed by atoms with E-state index in [1.54, 1.807) is 0 Å². The topological polar surface area (TPSA) is 53.8 Å². The van der Waals surface area contributed by atoms with Gasteiger partial charge in [-0.3, -0.25) is 14.6 Å². The molecule has 7 nitrogen and oxygen atoms in total. The molecule has 3 aromatic rings. The standard InChI is InChI=1S/C26H31N5O2/c1-28-12-11-27-25(28)19-29-13-15-31(16-14-29)26(32)20-30-17-22-9-5-6-10-23(22)33-24(18-30)21-7-3-2-4-8-21/h2-12,24H,13-20H2,1H3. The van der Waals surface area contributed by atoms with Crippen LogP contribution in [0.5, 0.6) is 5.75 Å². The zero-order chi connectivity index (χ0) is 22.6. The molecule has 2 aliphatic rings. The summed E-state index contributed by atoms with van der Waals surface area (Å²) in [6, 6.07) is 18.4. The molecule has 0 saturated carbocycles. The van der Waals surface area contributed by atoms with E-state index in [0.717, 1.165) is 55.4 Å². The fourth-order valence-corrected chi connectivity index (χ4v) is 4.64. The lowest BCUT2D eigenvalue weighted by atomic mass is 10.1. The van der Waals surface area contributed by atoms with Crippen molar-refractivity contribution in [3.05, 3.63) is 83.9 Å². The Labute approximate surface area is 195 Å². The van der Waals surface area contributed by atoms with E-state index < -0.39 is 0 Å². The molecular weight excluding hydrogens is 414 g/mol. The molecule has 33 heavy (non-hydrogen) atoms. The highest BCUT2D eigenvalue weighted by Gasteiger charge is 2.28. The maximum Gasteiger partial charge on any atom is 0.236 e. The average Bonchev–Trinajstić information content (AvgIpc) is 3.14. The van der Waals surface area contributed by atoms with Crippen LogP contribution in [0.3, 0.4) is 0 Å². The minimum atomic E-state index is -0.0997. The van der Waals surface area contributed by atoms with Gasteiger partial charge in [0, 0.05) is 64.3 Å². The van der Waals surface area contributed by atoms with Crippen molar-refractivity contribution in [2.75, 3.05) is 39.3 Å². The van der Waals surface area contributed by atoms with Crippen molar-refractivity contribution in [1.82, 2.24) is 24.3 Å². The average molecular weight is 446 g/mol. The number of piperazine rings is 1. The summed E-state index contributed by atoms with van der Waals surface area (Å²) in [5.74, 6) is 2.16. The predicted molar refractivity (Wildman–Crippen MR) is 127 cm³/mol. The number of aryl methyl sites for hydroxylation is 1. The first kappa shape index (κ1) is 21.7. The summed E-state index contributed by atoms with van der Waals surface area (Å²) in [5, 5.41) is 0. The van der Waals surface area contributed by atoms with Crippen LogP contribution in [0, 0.1) is 0 Å². The zero-order valence-electron chi connectivity index (χ0n) is 19.1. The third-order valence-electron chi connectivity index (χ3n) is 6.60. The molecule has 172 valence electrons. The van der Waals surface area contributed by atoms with Crippen molar-refractivity contribution < 1.29 is 9.53 Å². The first-order chi connectivity index (χ1) is 16.2.